The topological polar surface area (TPSA) is 8.17 Å². The molecular weight excluding hydrogens is 761 g/mol. The van der Waals surface area contributed by atoms with Crippen LogP contribution in [0.4, 0.5) is 17.1 Å². The van der Waals surface area contributed by atoms with Gasteiger partial charge < -0.3 is 9.47 Å². The van der Waals surface area contributed by atoms with E-state index in [1.165, 1.54) is 83.1 Å². The van der Waals surface area contributed by atoms with Gasteiger partial charge in [0.2, 0.25) is 0 Å². The number of fused-ring (bicyclic) bond motifs is 5. The molecule has 1 aliphatic carbocycles. The number of benzene rings is 9. The quantitative estimate of drug-likeness (QED) is 0.149. The predicted octanol–water partition coefficient (Wildman–Crippen LogP) is 16.2. The molecule has 0 radical (unpaired) electrons. The molecule has 2 aliphatic rings. The Hall–Kier alpha value is -7.94. The third kappa shape index (κ3) is 6.02. The minimum atomic E-state index is -0.402. The summed E-state index contributed by atoms with van der Waals surface area (Å²) < 4.78 is 2.53. The summed E-state index contributed by atoms with van der Waals surface area (Å²) in [5, 5.41) is 2.55. The highest BCUT2D eigenvalue weighted by Gasteiger charge is 2.46. The molecule has 2 heteroatoms. The van der Waals surface area contributed by atoms with E-state index >= 15 is 0 Å². The van der Waals surface area contributed by atoms with Crippen LogP contribution in [0.3, 0.4) is 0 Å². The molecule has 0 fully saturated rings. The van der Waals surface area contributed by atoms with Gasteiger partial charge in [-0.2, -0.15) is 0 Å². The van der Waals surface area contributed by atoms with Crippen LogP contribution in [0, 0.1) is 0 Å². The van der Waals surface area contributed by atoms with Crippen LogP contribution >= 0.6 is 0 Å². The molecular formula is C61H44N2. The van der Waals surface area contributed by atoms with Gasteiger partial charge in [-0.3, -0.25) is 0 Å². The number of aromatic nitrogens is 1. The van der Waals surface area contributed by atoms with Crippen LogP contribution in [0.25, 0.3) is 60.9 Å². The van der Waals surface area contributed by atoms with Crippen LogP contribution in [0.2, 0.25) is 0 Å². The normalized spacial score (nSPS) is 15.3. The van der Waals surface area contributed by atoms with Crippen LogP contribution < -0.4 is 4.90 Å². The number of rotatable bonds is 8. The van der Waals surface area contributed by atoms with Gasteiger partial charge in [-0.1, -0.05) is 194 Å². The number of allylic oxidation sites excluding steroid dienone is 4. The molecule has 0 spiro atoms. The Morgan fingerprint density at radius 1 is 0.413 bits per heavy atom. The van der Waals surface area contributed by atoms with E-state index < -0.39 is 5.41 Å². The van der Waals surface area contributed by atoms with Crippen molar-refractivity contribution in [3.63, 3.8) is 0 Å². The first-order valence-corrected chi connectivity index (χ1v) is 22.1. The summed E-state index contributed by atoms with van der Waals surface area (Å²) in [5.41, 5.74) is 19.4. The Morgan fingerprint density at radius 2 is 0.921 bits per heavy atom. The summed E-state index contributed by atoms with van der Waals surface area (Å²) >= 11 is 0. The molecule has 10 aromatic rings. The maximum atomic E-state index is 2.53. The lowest BCUT2D eigenvalue weighted by Gasteiger charge is -2.43. The predicted molar refractivity (Wildman–Crippen MR) is 265 cm³/mol. The molecule has 0 N–H and O–H groups in total. The lowest BCUT2D eigenvalue weighted by atomic mass is 9.61. The van der Waals surface area contributed by atoms with Crippen molar-refractivity contribution in [1.82, 2.24) is 4.57 Å². The van der Waals surface area contributed by atoms with E-state index in [9.17, 15) is 0 Å². The van der Waals surface area contributed by atoms with Gasteiger partial charge in [0.25, 0.3) is 0 Å². The van der Waals surface area contributed by atoms with Crippen LogP contribution in [-0.2, 0) is 5.41 Å². The van der Waals surface area contributed by atoms with Gasteiger partial charge in [-0.25, -0.2) is 0 Å². The summed E-state index contributed by atoms with van der Waals surface area (Å²) in [6, 6.07) is 82.4. The smallest absolute Gasteiger partial charge is 0.0705 e. The van der Waals surface area contributed by atoms with E-state index in [-0.39, 0.29) is 0 Å². The van der Waals surface area contributed by atoms with Gasteiger partial charge in [-0.05, 0) is 118 Å². The molecule has 9 aromatic carbocycles. The lowest BCUT2D eigenvalue weighted by molar-refractivity contribution is 0.666. The number of hydrogen-bond acceptors (Lipinski definition) is 1. The van der Waals surface area contributed by atoms with Crippen molar-refractivity contribution in [2.45, 2.75) is 18.3 Å². The summed E-state index contributed by atoms with van der Waals surface area (Å²) in [6.07, 6.45) is 9.00. The van der Waals surface area contributed by atoms with E-state index in [0.717, 1.165) is 29.9 Å². The van der Waals surface area contributed by atoms with Gasteiger partial charge >= 0.3 is 0 Å². The van der Waals surface area contributed by atoms with Crippen molar-refractivity contribution in [2.75, 3.05) is 4.90 Å². The SMILES string of the molecule is C1=CCCC(C2(c3ccccc3)c3ccccc3-n3c4ccc(-c5ccc(N(c6ccc(-c7ccccc7)cc6)c6ccc(-c7ccccc7)cc6)cc5)cc4c4cccc2c43)=C1. The van der Waals surface area contributed by atoms with Crippen molar-refractivity contribution < 1.29 is 0 Å². The van der Waals surface area contributed by atoms with Gasteiger partial charge in [0.15, 0.2) is 0 Å². The van der Waals surface area contributed by atoms with Crippen molar-refractivity contribution in [3.05, 3.63) is 265 Å². The standard InChI is InChI=1S/C61H44N2/c1-5-16-43(17-6-1)45-28-35-51(36-29-45)62(52-37-30-46(31-38-52)44-18-7-2-8-19-44)53-39-32-47(33-40-53)48-34-41-58-55(42-48)54-24-15-26-57-60(54)63(58)59-27-14-13-25-56(59)61(57,49-20-9-3-10-21-49)50-22-11-4-12-23-50/h1-11,13-22,24-42H,12,23H2. The molecule has 12 rings (SSSR count). The van der Waals surface area contributed by atoms with Gasteiger partial charge in [0.1, 0.15) is 0 Å². The second kappa shape index (κ2) is 15.2. The number of para-hydroxylation sites is 2. The molecule has 1 atom stereocenters. The molecule has 2 nitrogen and oxygen atoms in total. The van der Waals surface area contributed by atoms with Gasteiger partial charge in [-0.15, -0.1) is 0 Å². The molecule has 1 unspecified atom stereocenters. The van der Waals surface area contributed by atoms with Crippen molar-refractivity contribution in [2.24, 2.45) is 0 Å². The van der Waals surface area contributed by atoms with Crippen molar-refractivity contribution in [3.8, 4) is 39.1 Å². The fraction of sp³-hybridized carbons (Fsp3) is 0.0492. The zero-order valence-electron chi connectivity index (χ0n) is 34.9. The highest BCUT2D eigenvalue weighted by atomic mass is 15.1. The molecule has 1 aliphatic heterocycles. The first-order chi connectivity index (χ1) is 31.3. The van der Waals surface area contributed by atoms with E-state index in [1.807, 2.05) is 0 Å². The molecule has 0 amide bonds. The molecule has 1 aromatic heterocycles. The maximum absolute atomic E-state index is 2.53. The molecule has 63 heavy (non-hydrogen) atoms. The molecule has 2 heterocycles. The van der Waals surface area contributed by atoms with Crippen LogP contribution in [0.15, 0.2) is 248 Å². The minimum absolute atomic E-state index is 0.402. The summed E-state index contributed by atoms with van der Waals surface area (Å²) in [7, 11) is 0. The monoisotopic (exact) mass is 804 g/mol. The van der Waals surface area contributed by atoms with Crippen molar-refractivity contribution >= 4 is 38.9 Å². The summed E-state index contributed by atoms with van der Waals surface area (Å²) in [6.45, 7) is 0. The van der Waals surface area contributed by atoms with Gasteiger partial charge in [0, 0.05) is 27.8 Å². The number of nitrogens with zero attached hydrogens (tertiary/aromatic N) is 2. The maximum Gasteiger partial charge on any atom is 0.0705 e. The zero-order chi connectivity index (χ0) is 41.7. The van der Waals surface area contributed by atoms with Gasteiger partial charge in [0.05, 0.1) is 22.1 Å². The second-order valence-electron chi connectivity index (χ2n) is 16.8. The highest BCUT2D eigenvalue weighted by Crippen LogP contribution is 2.55. The van der Waals surface area contributed by atoms with E-state index in [2.05, 4.69) is 252 Å². The van der Waals surface area contributed by atoms with Crippen molar-refractivity contribution in [1.29, 1.82) is 0 Å². The third-order valence-corrected chi connectivity index (χ3v) is 13.4. The summed E-state index contributed by atoms with van der Waals surface area (Å²) in [5.74, 6) is 0. The Morgan fingerprint density at radius 3 is 1.51 bits per heavy atom. The third-order valence-electron chi connectivity index (χ3n) is 13.4. The van der Waals surface area contributed by atoms with Crippen LogP contribution in [0.1, 0.15) is 29.5 Å². The van der Waals surface area contributed by atoms with E-state index in [1.54, 1.807) is 0 Å². The molecule has 298 valence electrons. The Kier molecular flexibility index (Phi) is 8.90. The van der Waals surface area contributed by atoms with Crippen LogP contribution in [0.5, 0.6) is 0 Å². The Bertz CT molecular complexity index is 3260. The molecule has 0 saturated heterocycles. The zero-order valence-corrected chi connectivity index (χ0v) is 34.9. The second-order valence-corrected chi connectivity index (χ2v) is 16.8. The number of anilines is 3. The van der Waals surface area contributed by atoms with Crippen LogP contribution in [-0.4, -0.2) is 4.57 Å². The highest BCUT2D eigenvalue weighted by molar-refractivity contribution is 6.13. The average molecular weight is 805 g/mol. The average Bonchev–Trinajstić information content (AvgIpc) is 3.71. The summed E-state index contributed by atoms with van der Waals surface area (Å²) in [4.78, 5) is 2.36. The Balaban J connectivity index is 0.972. The molecule has 0 bridgehead atoms. The first-order valence-electron chi connectivity index (χ1n) is 22.1. The van der Waals surface area contributed by atoms with E-state index in [4.69, 9.17) is 0 Å². The Labute approximate surface area is 369 Å². The minimum Gasteiger partial charge on any atom is -0.311 e. The molecule has 0 saturated carbocycles. The van der Waals surface area contributed by atoms with E-state index in [0.29, 0.717) is 0 Å². The first kappa shape index (κ1) is 36.9. The number of hydrogen-bond donors (Lipinski definition) is 0. The fourth-order valence-electron chi connectivity index (χ4n) is 10.5. The largest absolute Gasteiger partial charge is 0.311 e. The fourth-order valence-corrected chi connectivity index (χ4v) is 10.5. The lowest BCUT2D eigenvalue weighted by Crippen LogP contribution is -2.36.